The SMILES string of the molecule is CCC1C=CC(CC(S)CC(=O)c2nc3n(c(=O)c2OCc2ccccc2)CCCC3(C)C)=C(N2C(=O)CC[C@]23C[C@H]3O)C1. The fraction of sp³-hybridized carbons (Fsp3) is 0.543. The van der Waals surface area contributed by atoms with Gasteiger partial charge in [0.2, 0.25) is 11.7 Å². The molecular weight excluding hydrogens is 574 g/mol. The van der Waals surface area contributed by atoms with Crippen molar-refractivity contribution < 1.29 is 19.4 Å². The standard InChI is InChI=1S/C35H43N3O5S/c1-4-22-11-12-24(26(17-22)38-29(41)13-15-35(38)20-28(35)40)18-25(44)19-27(39)30-31(43-21-23-9-6-5-7-10-23)32(42)37-16-8-14-34(2,3)33(37)36-30/h5-7,9-12,22,25,28,40,44H,4,8,13-21H2,1-3H3/t22?,25?,28-,35-/m1/s1. The molecule has 1 spiro atoms. The number of fused-ring (bicyclic) bond motifs is 1. The van der Waals surface area contributed by atoms with Crippen LogP contribution in [0.25, 0.3) is 0 Å². The molecule has 1 aromatic heterocycles. The molecule has 44 heavy (non-hydrogen) atoms. The van der Waals surface area contributed by atoms with Gasteiger partial charge in [0.1, 0.15) is 12.4 Å². The summed E-state index contributed by atoms with van der Waals surface area (Å²) in [5, 5.41) is 10.1. The zero-order chi connectivity index (χ0) is 31.2. The summed E-state index contributed by atoms with van der Waals surface area (Å²) < 4.78 is 7.74. The van der Waals surface area contributed by atoms with Gasteiger partial charge in [-0.1, -0.05) is 63.3 Å². The molecule has 2 fully saturated rings. The number of likely N-dealkylation sites (tertiary alicyclic amines) is 1. The molecule has 2 unspecified atom stereocenters. The van der Waals surface area contributed by atoms with E-state index in [2.05, 4.69) is 32.9 Å². The summed E-state index contributed by atoms with van der Waals surface area (Å²) in [6, 6.07) is 9.56. The number of ketones is 1. The molecule has 3 heterocycles. The first kappa shape index (κ1) is 30.8. The van der Waals surface area contributed by atoms with E-state index in [1.54, 1.807) is 4.57 Å². The van der Waals surface area contributed by atoms with Crippen molar-refractivity contribution in [2.45, 2.75) is 114 Å². The average Bonchev–Trinajstić information content (AvgIpc) is 3.53. The maximum absolute atomic E-state index is 14.0. The van der Waals surface area contributed by atoms with E-state index >= 15 is 0 Å². The lowest BCUT2D eigenvalue weighted by Gasteiger charge is -2.34. The van der Waals surface area contributed by atoms with Crippen LogP contribution in [0.15, 0.2) is 58.5 Å². The number of hydrogen-bond donors (Lipinski definition) is 2. The summed E-state index contributed by atoms with van der Waals surface area (Å²) in [5.41, 5.74) is 1.77. The lowest BCUT2D eigenvalue weighted by atomic mass is 9.84. The van der Waals surface area contributed by atoms with Crippen molar-refractivity contribution in [1.82, 2.24) is 14.5 Å². The monoisotopic (exact) mass is 617 g/mol. The van der Waals surface area contributed by atoms with Gasteiger partial charge in [-0.05, 0) is 55.6 Å². The normalized spacial score (nSPS) is 26.2. The maximum Gasteiger partial charge on any atom is 0.296 e. The maximum atomic E-state index is 14.0. The van der Waals surface area contributed by atoms with Gasteiger partial charge in [-0.3, -0.25) is 19.0 Å². The molecule has 0 bridgehead atoms. The summed E-state index contributed by atoms with van der Waals surface area (Å²) >= 11 is 4.87. The molecule has 1 saturated heterocycles. The predicted octanol–water partition coefficient (Wildman–Crippen LogP) is 5.52. The third-order valence-electron chi connectivity index (χ3n) is 9.95. The summed E-state index contributed by atoms with van der Waals surface area (Å²) in [7, 11) is 0. The van der Waals surface area contributed by atoms with Crippen molar-refractivity contribution in [3.05, 3.63) is 81.2 Å². The first-order valence-electron chi connectivity index (χ1n) is 16.0. The first-order chi connectivity index (χ1) is 21.0. The van der Waals surface area contributed by atoms with Gasteiger partial charge in [0.15, 0.2) is 11.5 Å². The minimum atomic E-state index is -0.491. The van der Waals surface area contributed by atoms with Crippen LogP contribution in [0.3, 0.4) is 0 Å². The number of amides is 1. The van der Waals surface area contributed by atoms with Crippen LogP contribution in [-0.2, 0) is 23.4 Å². The highest BCUT2D eigenvalue weighted by Crippen LogP contribution is 2.53. The predicted molar refractivity (Wildman–Crippen MR) is 172 cm³/mol. The molecule has 2 aliphatic heterocycles. The molecule has 1 saturated carbocycles. The summed E-state index contributed by atoms with van der Waals surface area (Å²) in [4.78, 5) is 47.5. The summed E-state index contributed by atoms with van der Waals surface area (Å²) in [5.74, 6) is 0.709. The topological polar surface area (TPSA) is 102 Å². The van der Waals surface area contributed by atoms with Crippen LogP contribution in [-0.4, -0.2) is 48.1 Å². The Balaban J connectivity index is 1.28. The van der Waals surface area contributed by atoms with Crippen molar-refractivity contribution >= 4 is 24.3 Å². The molecule has 4 aliphatic rings. The third kappa shape index (κ3) is 5.69. The molecule has 8 nitrogen and oxygen atoms in total. The van der Waals surface area contributed by atoms with Gasteiger partial charge in [-0.25, -0.2) is 4.98 Å². The van der Waals surface area contributed by atoms with Crippen molar-refractivity contribution in [2.75, 3.05) is 0 Å². The van der Waals surface area contributed by atoms with Gasteiger partial charge in [0.25, 0.3) is 5.56 Å². The minimum Gasteiger partial charge on any atom is -0.481 e. The fourth-order valence-electron chi connectivity index (χ4n) is 7.23. The molecule has 2 aromatic rings. The van der Waals surface area contributed by atoms with E-state index in [0.29, 0.717) is 44.0 Å². The van der Waals surface area contributed by atoms with Crippen LogP contribution < -0.4 is 10.3 Å². The Morgan fingerprint density at radius 3 is 2.66 bits per heavy atom. The van der Waals surface area contributed by atoms with Crippen molar-refractivity contribution in [1.29, 1.82) is 0 Å². The lowest BCUT2D eigenvalue weighted by molar-refractivity contribution is -0.128. The number of benzene rings is 1. The minimum absolute atomic E-state index is 0.00332. The van der Waals surface area contributed by atoms with Gasteiger partial charge in [-0.15, -0.1) is 0 Å². The number of ether oxygens (including phenoxy) is 1. The number of nitrogens with zero attached hydrogens (tertiary/aromatic N) is 3. The Kier molecular flexibility index (Phi) is 8.39. The Labute approximate surface area is 264 Å². The molecule has 1 aromatic carbocycles. The van der Waals surface area contributed by atoms with Gasteiger partial charge >= 0.3 is 0 Å². The molecule has 4 atom stereocenters. The van der Waals surface area contributed by atoms with Crippen molar-refractivity contribution in [3.63, 3.8) is 0 Å². The van der Waals surface area contributed by atoms with Crippen LogP contribution in [0.5, 0.6) is 5.75 Å². The number of rotatable bonds is 10. The van der Waals surface area contributed by atoms with E-state index in [-0.39, 0.29) is 52.4 Å². The van der Waals surface area contributed by atoms with Crippen LogP contribution >= 0.6 is 12.6 Å². The number of aromatic nitrogens is 2. The average molecular weight is 618 g/mol. The molecule has 1 amide bonds. The lowest BCUT2D eigenvalue weighted by Crippen LogP contribution is -2.39. The Morgan fingerprint density at radius 1 is 1.20 bits per heavy atom. The molecular formula is C35H43N3O5S. The number of allylic oxidation sites excluding steroid dienone is 4. The van der Waals surface area contributed by atoms with Gasteiger partial charge in [0, 0.05) is 42.2 Å². The van der Waals surface area contributed by atoms with E-state index in [9.17, 15) is 19.5 Å². The van der Waals surface area contributed by atoms with E-state index in [0.717, 1.165) is 42.5 Å². The van der Waals surface area contributed by atoms with E-state index in [4.69, 9.17) is 22.3 Å². The van der Waals surface area contributed by atoms with E-state index < -0.39 is 11.6 Å². The largest absolute Gasteiger partial charge is 0.481 e. The van der Waals surface area contributed by atoms with Gasteiger partial charge < -0.3 is 14.7 Å². The Hall–Kier alpha value is -3.17. The molecule has 234 valence electrons. The van der Waals surface area contributed by atoms with Crippen molar-refractivity contribution in [2.24, 2.45) is 5.92 Å². The van der Waals surface area contributed by atoms with E-state index in [1.807, 2.05) is 35.2 Å². The number of hydrogen-bond acceptors (Lipinski definition) is 7. The second-order valence-corrected chi connectivity index (χ2v) is 14.3. The fourth-order valence-corrected chi connectivity index (χ4v) is 7.60. The summed E-state index contributed by atoms with van der Waals surface area (Å²) in [6.07, 6.45) is 9.45. The number of carbonyl (C=O) groups is 2. The quantitative estimate of drug-likeness (QED) is 0.269. The number of thiol groups is 1. The van der Waals surface area contributed by atoms with Crippen LogP contribution in [0.4, 0.5) is 0 Å². The Bertz CT molecular complexity index is 1580. The second-order valence-electron chi connectivity index (χ2n) is 13.6. The second kappa shape index (κ2) is 12.0. The molecule has 0 radical (unpaired) electrons. The number of carbonyl (C=O) groups excluding carboxylic acids is 2. The Morgan fingerprint density at radius 2 is 1.95 bits per heavy atom. The van der Waals surface area contributed by atoms with Crippen LogP contribution in [0.1, 0.15) is 100 Å². The number of Topliss-reactive ketones (excluding diaryl/α,β-unsaturated/α-hetero) is 1. The van der Waals surface area contributed by atoms with Crippen LogP contribution in [0.2, 0.25) is 0 Å². The number of aliphatic hydroxyl groups excluding tert-OH is 1. The first-order valence-corrected chi connectivity index (χ1v) is 16.5. The van der Waals surface area contributed by atoms with Crippen molar-refractivity contribution in [3.8, 4) is 5.75 Å². The van der Waals surface area contributed by atoms with Gasteiger partial charge in [-0.2, -0.15) is 12.6 Å². The molecule has 2 aliphatic carbocycles. The highest BCUT2D eigenvalue weighted by atomic mass is 32.1. The van der Waals surface area contributed by atoms with E-state index in [1.165, 1.54) is 0 Å². The molecule has 9 heteroatoms. The van der Waals surface area contributed by atoms with Gasteiger partial charge in [0.05, 0.1) is 11.6 Å². The zero-order valence-electron chi connectivity index (χ0n) is 25.9. The zero-order valence-corrected chi connectivity index (χ0v) is 26.8. The van der Waals surface area contributed by atoms with Crippen LogP contribution in [0, 0.1) is 5.92 Å². The highest BCUT2D eigenvalue weighted by Gasteiger charge is 2.63. The third-order valence-corrected chi connectivity index (χ3v) is 10.3. The molecule has 1 N–H and O–H groups in total. The number of aliphatic hydroxyl groups is 1. The summed E-state index contributed by atoms with van der Waals surface area (Å²) in [6.45, 7) is 6.95. The molecule has 6 rings (SSSR count). The highest BCUT2D eigenvalue weighted by molar-refractivity contribution is 7.81. The smallest absolute Gasteiger partial charge is 0.296 e.